The highest BCUT2D eigenvalue weighted by atomic mass is 19.1. The molecule has 33 heavy (non-hydrogen) atoms. The minimum Gasteiger partial charge on any atom is -0.508 e. The molecule has 0 spiro atoms. The highest BCUT2D eigenvalue weighted by molar-refractivity contribution is 5.68. The zero-order chi connectivity index (χ0) is 23.5. The van der Waals surface area contributed by atoms with Gasteiger partial charge in [0.2, 0.25) is 0 Å². The van der Waals surface area contributed by atoms with Gasteiger partial charge in [-0.15, -0.1) is 0 Å². The number of nitrogens with zero attached hydrogens (tertiary/aromatic N) is 1. The Morgan fingerprint density at radius 1 is 1.00 bits per heavy atom. The fourth-order valence-corrected chi connectivity index (χ4v) is 3.68. The Kier molecular flexibility index (Phi) is 9.64. The van der Waals surface area contributed by atoms with Gasteiger partial charge < -0.3 is 9.84 Å². The van der Waals surface area contributed by atoms with E-state index in [4.69, 9.17) is 4.74 Å². The number of benzene rings is 2. The molecule has 2 aromatic carbocycles. The number of allylic oxidation sites excluding steroid dienone is 1. The number of hydrogen-bond acceptors (Lipinski definition) is 3. The normalized spacial score (nSPS) is 12.3. The second-order valence-corrected chi connectivity index (χ2v) is 8.44. The first kappa shape index (κ1) is 24.7. The predicted octanol–water partition coefficient (Wildman–Crippen LogP) is 8.04. The molecule has 3 rings (SSSR count). The lowest BCUT2D eigenvalue weighted by atomic mass is 10.0. The van der Waals surface area contributed by atoms with E-state index >= 15 is 0 Å². The van der Waals surface area contributed by atoms with Gasteiger partial charge in [0.15, 0.2) is 0 Å². The van der Waals surface area contributed by atoms with Crippen molar-refractivity contribution in [2.75, 3.05) is 6.61 Å². The summed E-state index contributed by atoms with van der Waals surface area (Å²) in [6.45, 7) is 5.25. The fraction of sp³-hybridized carbons (Fsp3) is 0.345. The Morgan fingerprint density at radius 2 is 1.79 bits per heavy atom. The van der Waals surface area contributed by atoms with Gasteiger partial charge in [-0.05, 0) is 61.9 Å². The number of phenolic OH excluding ortho intramolecular Hbond substituents is 1. The molecule has 0 aliphatic rings. The summed E-state index contributed by atoms with van der Waals surface area (Å²) in [7, 11) is 0. The molecule has 174 valence electrons. The monoisotopic (exact) mass is 447 g/mol. The van der Waals surface area contributed by atoms with E-state index in [0.29, 0.717) is 17.4 Å². The summed E-state index contributed by atoms with van der Waals surface area (Å²) in [5.41, 5.74) is 4.11. The van der Waals surface area contributed by atoms with E-state index in [9.17, 15) is 9.50 Å². The third kappa shape index (κ3) is 7.83. The maximum Gasteiger partial charge on any atom is 0.136 e. The molecule has 0 fully saturated rings. The van der Waals surface area contributed by atoms with Crippen LogP contribution in [0.15, 0.2) is 66.9 Å². The maximum absolute atomic E-state index is 14.1. The van der Waals surface area contributed by atoms with E-state index in [1.54, 1.807) is 12.3 Å². The molecule has 0 amide bonds. The van der Waals surface area contributed by atoms with Crippen molar-refractivity contribution in [2.24, 2.45) is 0 Å². The number of aromatic nitrogens is 1. The molecule has 1 unspecified atom stereocenters. The van der Waals surface area contributed by atoms with Crippen LogP contribution < -0.4 is 0 Å². The summed E-state index contributed by atoms with van der Waals surface area (Å²) in [6.07, 6.45) is 13.4. The van der Waals surface area contributed by atoms with Gasteiger partial charge in [-0.3, -0.25) is 4.98 Å². The summed E-state index contributed by atoms with van der Waals surface area (Å²) in [5, 5.41) is 9.38. The van der Waals surface area contributed by atoms with Crippen molar-refractivity contribution >= 4 is 6.08 Å². The molecule has 0 bridgehead atoms. The topological polar surface area (TPSA) is 42.4 Å². The lowest BCUT2D eigenvalue weighted by Crippen LogP contribution is -2.08. The highest BCUT2D eigenvalue weighted by Gasteiger charge is 2.08. The number of rotatable bonds is 12. The molecular formula is C29H34FNO2. The standard InChI is InChI=1S/C29H34FNO2/c1-3-4-8-19-33-22(2)9-6-5-7-10-23-11-13-24(14-12-23)25-15-18-29(31-21-25)27-17-16-26(32)20-28(27)30/h7,10-18,20-22,32H,3-6,8-9,19H2,1-2H3/b10-7+. The molecule has 0 aliphatic carbocycles. The van der Waals surface area contributed by atoms with E-state index in [2.05, 4.69) is 55.2 Å². The average molecular weight is 448 g/mol. The lowest BCUT2D eigenvalue weighted by Gasteiger charge is -2.12. The van der Waals surface area contributed by atoms with Gasteiger partial charge in [-0.1, -0.05) is 62.2 Å². The van der Waals surface area contributed by atoms with Crippen LogP contribution in [0.3, 0.4) is 0 Å². The molecule has 1 N–H and O–H groups in total. The lowest BCUT2D eigenvalue weighted by molar-refractivity contribution is 0.0566. The van der Waals surface area contributed by atoms with Gasteiger partial charge in [0, 0.05) is 30.0 Å². The molecule has 3 aromatic rings. The number of halogens is 1. The fourth-order valence-electron chi connectivity index (χ4n) is 3.68. The van der Waals surface area contributed by atoms with Crippen molar-refractivity contribution < 1.29 is 14.2 Å². The quantitative estimate of drug-likeness (QED) is 0.286. The molecular weight excluding hydrogens is 413 g/mol. The Labute approximate surface area is 197 Å². The van der Waals surface area contributed by atoms with E-state index in [1.807, 2.05) is 6.07 Å². The molecule has 1 aromatic heterocycles. The minimum atomic E-state index is -0.486. The van der Waals surface area contributed by atoms with Crippen LogP contribution in [0, 0.1) is 5.82 Å². The summed E-state index contributed by atoms with van der Waals surface area (Å²) >= 11 is 0. The van der Waals surface area contributed by atoms with Crippen LogP contribution in [0.1, 0.15) is 57.9 Å². The summed E-state index contributed by atoms with van der Waals surface area (Å²) in [5.74, 6) is -0.580. The van der Waals surface area contributed by atoms with Gasteiger partial charge in [0.1, 0.15) is 11.6 Å². The molecule has 1 heterocycles. The van der Waals surface area contributed by atoms with E-state index in [0.717, 1.165) is 49.5 Å². The van der Waals surface area contributed by atoms with Crippen LogP contribution in [0.4, 0.5) is 4.39 Å². The number of ether oxygens (including phenoxy) is 1. The SMILES string of the molecule is CCCCCOC(C)CCC/C=C/c1ccc(-c2ccc(-c3ccc(O)cc3F)nc2)cc1. The van der Waals surface area contributed by atoms with Gasteiger partial charge in [0.25, 0.3) is 0 Å². The number of hydrogen-bond donors (Lipinski definition) is 1. The molecule has 4 heteroatoms. The smallest absolute Gasteiger partial charge is 0.136 e. The van der Waals surface area contributed by atoms with E-state index in [1.165, 1.54) is 30.5 Å². The van der Waals surface area contributed by atoms with Crippen molar-refractivity contribution in [3.05, 3.63) is 78.3 Å². The van der Waals surface area contributed by atoms with Crippen LogP contribution in [-0.2, 0) is 4.74 Å². The average Bonchev–Trinajstić information content (AvgIpc) is 2.82. The van der Waals surface area contributed by atoms with Gasteiger partial charge in [-0.25, -0.2) is 4.39 Å². The van der Waals surface area contributed by atoms with Crippen LogP contribution in [0.5, 0.6) is 5.75 Å². The predicted molar refractivity (Wildman–Crippen MR) is 135 cm³/mol. The first-order valence-corrected chi connectivity index (χ1v) is 11.9. The molecule has 0 saturated carbocycles. The zero-order valence-electron chi connectivity index (χ0n) is 19.6. The first-order valence-electron chi connectivity index (χ1n) is 11.9. The minimum absolute atomic E-state index is 0.0941. The number of unbranched alkanes of at least 4 members (excludes halogenated alkanes) is 3. The number of phenols is 1. The number of pyridine rings is 1. The van der Waals surface area contributed by atoms with Crippen LogP contribution in [0.25, 0.3) is 28.5 Å². The van der Waals surface area contributed by atoms with Gasteiger partial charge in [-0.2, -0.15) is 0 Å². The molecule has 0 radical (unpaired) electrons. The Bertz CT molecular complexity index is 1010. The second-order valence-electron chi connectivity index (χ2n) is 8.44. The zero-order valence-corrected chi connectivity index (χ0v) is 19.6. The van der Waals surface area contributed by atoms with Crippen molar-refractivity contribution in [3.63, 3.8) is 0 Å². The summed E-state index contributed by atoms with van der Waals surface area (Å²) in [4.78, 5) is 4.40. The van der Waals surface area contributed by atoms with Crippen LogP contribution in [0.2, 0.25) is 0 Å². The van der Waals surface area contributed by atoms with Crippen molar-refractivity contribution in [1.82, 2.24) is 4.98 Å². The van der Waals surface area contributed by atoms with Crippen molar-refractivity contribution in [2.45, 2.75) is 58.5 Å². The first-order chi connectivity index (χ1) is 16.1. The summed E-state index contributed by atoms with van der Waals surface area (Å²) in [6, 6.07) is 16.2. The largest absolute Gasteiger partial charge is 0.508 e. The maximum atomic E-state index is 14.1. The third-order valence-corrected chi connectivity index (χ3v) is 5.68. The van der Waals surface area contributed by atoms with Crippen molar-refractivity contribution in [3.8, 4) is 28.1 Å². The van der Waals surface area contributed by atoms with Crippen LogP contribution >= 0.6 is 0 Å². The summed E-state index contributed by atoms with van der Waals surface area (Å²) < 4.78 is 19.9. The Balaban J connectivity index is 1.48. The Morgan fingerprint density at radius 3 is 2.48 bits per heavy atom. The third-order valence-electron chi connectivity index (χ3n) is 5.68. The highest BCUT2D eigenvalue weighted by Crippen LogP contribution is 2.26. The molecule has 3 nitrogen and oxygen atoms in total. The van der Waals surface area contributed by atoms with Crippen molar-refractivity contribution in [1.29, 1.82) is 0 Å². The van der Waals surface area contributed by atoms with Gasteiger partial charge in [0.05, 0.1) is 11.8 Å². The van der Waals surface area contributed by atoms with E-state index in [-0.39, 0.29) is 5.75 Å². The molecule has 1 atom stereocenters. The second kappa shape index (κ2) is 12.9. The van der Waals surface area contributed by atoms with E-state index < -0.39 is 5.82 Å². The number of aromatic hydroxyl groups is 1. The van der Waals surface area contributed by atoms with Crippen LogP contribution in [-0.4, -0.2) is 22.8 Å². The molecule has 0 saturated heterocycles. The Hall–Kier alpha value is -2.98. The van der Waals surface area contributed by atoms with Gasteiger partial charge >= 0.3 is 0 Å². The molecule has 0 aliphatic heterocycles.